The molecule has 0 aromatic carbocycles. The maximum atomic E-state index is 5.38. The fraction of sp³-hybridized carbons (Fsp3) is 0.533. The fourth-order valence-electron chi connectivity index (χ4n) is 2.70. The Morgan fingerprint density at radius 1 is 1.32 bits per heavy atom. The molecular formula is C15H20N2OS. The van der Waals surface area contributed by atoms with E-state index < -0.39 is 0 Å². The molecule has 0 saturated heterocycles. The topological polar surface area (TPSA) is 38.1 Å². The zero-order valence-corrected chi connectivity index (χ0v) is 11.9. The minimum Gasteiger partial charge on any atom is -0.463 e. The smallest absolute Gasteiger partial charge is 0.145 e. The molecular weight excluding hydrogens is 256 g/mol. The quantitative estimate of drug-likeness (QED) is 0.894. The van der Waals surface area contributed by atoms with Crippen LogP contribution in [-0.4, -0.2) is 11.5 Å². The first kappa shape index (κ1) is 12.9. The number of thiazole rings is 1. The second-order valence-electron chi connectivity index (χ2n) is 5.23. The van der Waals surface area contributed by atoms with Crippen molar-refractivity contribution >= 4 is 11.3 Å². The van der Waals surface area contributed by atoms with E-state index >= 15 is 0 Å². The van der Waals surface area contributed by atoms with Gasteiger partial charge >= 0.3 is 0 Å². The summed E-state index contributed by atoms with van der Waals surface area (Å²) in [6.07, 6.45) is 10.6. The van der Waals surface area contributed by atoms with E-state index in [1.165, 1.54) is 32.1 Å². The van der Waals surface area contributed by atoms with Gasteiger partial charge < -0.3 is 9.73 Å². The summed E-state index contributed by atoms with van der Waals surface area (Å²) in [6, 6.07) is 3.89. The molecule has 19 heavy (non-hydrogen) atoms. The lowest BCUT2D eigenvalue weighted by Gasteiger charge is -2.21. The monoisotopic (exact) mass is 276 g/mol. The molecule has 1 N–H and O–H groups in total. The van der Waals surface area contributed by atoms with Crippen LogP contribution in [-0.2, 0) is 6.54 Å². The first-order valence-corrected chi connectivity index (χ1v) is 7.93. The van der Waals surface area contributed by atoms with Gasteiger partial charge in [-0.25, -0.2) is 4.98 Å². The average molecular weight is 276 g/mol. The van der Waals surface area contributed by atoms with E-state index in [1.807, 2.05) is 18.3 Å². The maximum absolute atomic E-state index is 5.38. The number of nitrogens with one attached hydrogen (secondary N) is 1. The van der Waals surface area contributed by atoms with Crippen LogP contribution in [0, 0.1) is 5.92 Å². The van der Waals surface area contributed by atoms with E-state index in [4.69, 9.17) is 4.42 Å². The van der Waals surface area contributed by atoms with Gasteiger partial charge in [0.05, 0.1) is 11.1 Å². The molecule has 0 spiro atoms. The van der Waals surface area contributed by atoms with Crippen LogP contribution in [0.1, 0.15) is 37.1 Å². The molecule has 0 bridgehead atoms. The highest BCUT2D eigenvalue weighted by atomic mass is 32.1. The molecule has 2 aromatic heterocycles. The highest BCUT2D eigenvalue weighted by Gasteiger charge is 2.13. The lowest BCUT2D eigenvalue weighted by molar-refractivity contribution is 0.342. The van der Waals surface area contributed by atoms with Crippen LogP contribution < -0.4 is 5.32 Å². The number of rotatable bonds is 5. The minimum atomic E-state index is 0.873. The molecule has 1 aliphatic carbocycles. The van der Waals surface area contributed by atoms with Gasteiger partial charge in [-0.1, -0.05) is 19.3 Å². The Kier molecular flexibility index (Phi) is 4.30. The zero-order chi connectivity index (χ0) is 12.9. The molecule has 0 unspecified atom stereocenters. The van der Waals surface area contributed by atoms with Crippen LogP contribution in [0.5, 0.6) is 0 Å². The van der Waals surface area contributed by atoms with E-state index in [9.17, 15) is 0 Å². The molecule has 2 heterocycles. The number of furan rings is 1. The third-order valence-electron chi connectivity index (χ3n) is 3.75. The van der Waals surface area contributed by atoms with Gasteiger partial charge in [0.1, 0.15) is 10.8 Å². The van der Waals surface area contributed by atoms with Gasteiger partial charge in [0.2, 0.25) is 0 Å². The zero-order valence-electron chi connectivity index (χ0n) is 11.1. The number of hydrogen-bond acceptors (Lipinski definition) is 4. The fourth-order valence-corrected chi connectivity index (χ4v) is 3.55. The molecule has 0 atom stereocenters. The van der Waals surface area contributed by atoms with E-state index in [-0.39, 0.29) is 0 Å². The molecule has 0 aliphatic heterocycles. The molecule has 3 rings (SSSR count). The summed E-state index contributed by atoms with van der Waals surface area (Å²) in [5, 5.41) is 4.69. The van der Waals surface area contributed by atoms with Crippen molar-refractivity contribution in [3.05, 3.63) is 29.6 Å². The van der Waals surface area contributed by atoms with Crippen LogP contribution in [0.15, 0.2) is 29.0 Å². The van der Waals surface area contributed by atoms with Crippen LogP contribution >= 0.6 is 11.3 Å². The second-order valence-corrected chi connectivity index (χ2v) is 6.35. The third-order valence-corrected chi connectivity index (χ3v) is 4.76. The highest BCUT2D eigenvalue weighted by Crippen LogP contribution is 2.26. The maximum Gasteiger partial charge on any atom is 0.145 e. The Bertz CT molecular complexity index is 486. The Morgan fingerprint density at radius 2 is 2.21 bits per heavy atom. The first-order chi connectivity index (χ1) is 9.42. The van der Waals surface area contributed by atoms with Gasteiger partial charge in [-0.2, -0.15) is 0 Å². The normalized spacial score (nSPS) is 16.8. The lowest BCUT2D eigenvalue weighted by Crippen LogP contribution is -2.24. The third kappa shape index (κ3) is 3.45. The van der Waals surface area contributed by atoms with Crippen molar-refractivity contribution in [1.29, 1.82) is 0 Å². The Labute approximate surface area is 118 Å². The van der Waals surface area contributed by atoms with E-state index in [0.717, 1.165) is 34.7 Å². The van der Waals surface area contributed by atoms with Crippen molar-refractivity contribution in [3.63, 3.8) is 0 Å². The SMILES string of the molecule is c1coc(-c2cnc(CNCC3CCCCC3)s2)c1. The highest BCUT2D eigenvalue weighted by molar-refractivity contribution is 7.15. The molecule has 1 saturated carbocycles. The molecule has 4 heteroatoms. The van der Waals surface area contributed by atoms with Crippen molar-refractivity contribution in [1.82, 2.24) is 10.3 Å². The van der Waals surface area contributed by atoms with E-state index in [2.05, 4.69) is 10.3 Å². The van der Waals surface area contributed by atoms with Gasteiger partial charge in [-0.05, 0) is 37.4 Å². The number of nitrogens with zero attached hydrogens (tertiary/aromatic N) is 1. The number of hydrogen-bond donors (Lipinski definition) is 1. The number of aromatic nitrogens is 1. The predicted octanol–water partition coefficient (Wildman–Crippen LogP) is 4.07. The van der Waals surface area contributed by atoms with Crippen LogP contribution in [0.25, 0.3) is 10.6 Å². The van der Waals surface area contributed by atoms with Crippen molar-refractivity contribution in [3.8, 4) is 10.6 Å². The molecule has 102 valence electrons. The van der Waals surface area contributed by atoms with Gasteiger partial charge in [0.15, 0.2) is 0 Å². The molecule has 0 radical (unpaired) electrons. The summed E-state index contributed by atoms with van der Waals surface area (Å²) in [7, 11) is 0. The Hall–Kier alpha value is -1.13. The predicted molar refractivity (Wildman–Crippen MR) is 78.1 cm³/mol. The van der Waals surface area contributed by atoms with Gasteiger partial charge in [-0.15, -0.1) is 11.3 Å². The summed E-state index contributed by atoms with van der Waals surface area (Å²) in [6.45, 7) is 2.01. The van der Waals surface area contributed by atoms with Crippen molar-refractivity contribution in [2.24, 2.45) is 5.92 Å². The largest absolute Gasteiger partial charge is 0.463 e. The van der Waals surface area contributed by atoms with Crippen molar-refractivity contribution in [2.75, 3.05) is 6.54 Å². The molecule has 3 nitrogen and oxygen atoms in total. The molecule has 0 amide bonds. The average Bonchev–Trinajstić information content (AvgIpc) is 3.10. The Balaban J connectivity index is 1.48. The second kappa shape index (κ2) is 6.35. The van der Waals surface area contributed by atoms with Gasteiger partial charge in [0.25, 0.3) is 0 Å². The van der Waals surface area contributed by atoms with E-state index in [0.29, 0.717) is 0 Å². The van der Waals surface area contributed by atoms with Crippen molar-refractivity contribution < 1.29 is 4.42 Å². The Morgan fingerprint density at radius 3 is 3.00 bits per heavy atom. The van der Waals surface area contributed by atoms with Crippen molar-refractivity contribution in [2.45, 2.75) is 38.6 Å². The molecule has 1 fully saturated rings. The van der Waals surface area contributed by atoms with Crippen LogP contribution in [0.4, 0.5) is 0 Å². The van der Waals surface area contributed by atoms with Crippen LogP contribution in [0.3, 0.4) is 0 Å². The summed E-state index contributed by atoms with van der Waals surface area (Å²) in [5.74, 6) is 1.79. The van der Waals surface area contributed by atoms with Crippen LogP contribution in [0.2, 0.25) is 0 Å². The van der Waals surface area contributed by atoms with Gasteiger partial charge in [-0.3, -0.25) is 0 Å². The summed E-state index contributed by atoms with van der Waals surface area (Å²) in [5.41, 5.74) is 0. The van der Waals surface area contributed by atoms with E-state index in [1.54, 1.807) is 17.6 Å². The van der Waals surface area contributed by atoms with Gasteiger partial charge in [0, 0.05) is 12.7 Å². The summed E-state index contributed by atoms with van der Waals surface area (Å²) < 4.78 is 5.38. The molecule has 1 aliphatic rings. The minimum absolute atomic E-state index is 0.873. The first-order valence-electron chi connectivity index (χ1n) is 7.11. The standard InChI is InChI=1S/C15H20N2OS/c1-2-5-12(6-3-1)9-16-11-15-17-10-14(19-15)13-7-4-8-18-13/h4,7-8,10,12,16H,1-3,5-6,9,11H2. The summed E-state index contributed by atoms with van der Waals surface area (Å²) >= 11 is 1.71. The molecule has 2 aromatic rings. The summed E-state index contributed by atoms with van der Waals surface area (Å²) in [4.78, 5) is 5.56. The lowest BCUT2D eigenvalue weighted by atomic mass is 9.89.